The largest absolute Gasteiger partial charge is 0.416 e. The van der Waals surface area contributed by atoms with E-state index in [2.05, 4.69) is 5.32 Å². The van der Waals surface area contributed by atoms with Gasteiger partial charge in [0, 0.05) is 6.54 Å². The first-order valence-corrected chi connectivity index (χ1v) is 6.64. The van der Waals surface area contributed by atoms with Crippen molar-refractivity contribution in [2.75, 3.05) is 0 Å². The molecule has 2 unspecified atom stereocenters. The Morgan fingerprint density at radius 3 is 2.48 bits per heavy atom. The molecule has 5 heteroatoms. The van der Waals surface area contributed by atoms with E-state index >= 15 is 0 Å². The molecule has 0 saturated heterocycles. The third kappa shape index (κ3) is 2.54. The van der Waals surface area contributed by atoms with E-state index in [1.807, 2.05) is 24.3 Å². The molecule has 2 atom stereocenters. The molecule has 0 amide bonds. The lowest BCUT2D eigenvalue weighted by atomic mass is 9.93. The fourth-order valence-electron chi connectivity index (χ4n) is 2.80. The molecule has 2 N–H and O–H groups in total. The van der Waals surface area contributed by atoms with Crippen LogP contribution in [0, 0.1) is 0 Å². The van der Waals surface area contributed by atoms with Crippen LogP contribution in [0.2, 0.25) is 0 Å². The average Bonchev–Trinajstić information content (AvgIpc) is 2.89. The molecule has 110 valence electrons. The van der Waals surface area contributed by atoms with Gasteiger partial charge >= 0.3 is 6.18 Å². The monoisotopic (exact) mass is 293 g/mol. The first-order chi connectivity index (χ1) is 9.98. The van der Waals surface area contributed by atoms with Crippen molar-refractivity contribution < 1.29 is 18.3 Å². The summed E-state index contributed by atoms with van der Waals surface area (Å²) in [4.78, 5) is 0. The molecule has 2 nitrogen and oxygen atoms in total. The summed E-state index contributed by atoms with van der Waals surface area (Å²) in [6.07, 6.45) is -5.72. The Bertz CT molecular complexity index is 654. The molecule has 0 aliphatic carbocycles. The molecule has 0 aromatic heterocycles. The van der Waals surface area contributed by atoms with Gasteiger partial charge in [0.15, 0.2) is 0 Å². The number of aliphatic hydroxyl groups is 1. The van der Waals surface area contributed by atoms with Crippen LogP contribution in [0.4, 0.5) is 13.2 Å². The highest BCUT2D eigenvalue weighted by molar-refractivity contribution is 5.39. The first-order valence-electron chi connectivity index (χ1n) is 6.64. The lowest BCUT2D eigenvalue weighted by Crippen LogP contribution is -2.23. The van der Waals surface area contributed by atoms with Crippen molar-refractivity contribution in [3.8, 4) is 0 Å². The van der Waals surface area contributed by atoms with Gasteiger partial charge < -0.3 is 10.4 Å². The number of rotatable bonds is 2. The normalized spacial score (nSPS) is 19.3. The van der Waals surface area contributed by atoms with E-state index in [1.165, 1.54) is 18.2 Å². The molecule has 3 rings (SSSR count). The van der Waals surface area contributed by atoms with Gasteiger partial charge in [0.05, 0.1) is 17.7 Å². The summed E-state index contributed by atoms with van der Waals surface area (Å²) in [6.45, 7) is 0.548. The second-order valence-corrected chi connectivity index (χ2v) is 5.09. The van der Waals surface area contributed by atoms with Crippen LogP contribution in [0.3, 0.4) is 0 Å². The van der Waals surface area contributed by atoms with Crippen LogP contribution < -0.4 is 5.32 Å². The highest BCUT2D eigenvalue weighted by Crippen LogP contribution is 2.40. The maximum atomic E-state index is 13.1. The van der Waals surface area contributed by atoms with Gasteiger partial charge in [-0.2, -0.15) is 13.2 Å². The molecule has 1 heterocycles. The number of benzene rings is 2. The molecule has 1 aliphatic heterocycles. The minimum Gasteiger partial charge on any atom is -0.386 e. The fourth-order valence-corrected chi connectivity index (χ4v) is 2.80. The van der Waals surface area contributed by atoms with Crippen molar-refractivity contribution in [2.24, 2.45) is 0 Å². The molecule has 21 heavy (non-hydrogen) atoms. The summed E-state index contributed by atoms with van der Waals surface area (Å²) in [6, 6.07) is 12.1. The van der Waals surface area contributed by atoms with E-state index in [-0.39, 0.29) is 5.56 Å². The minimum absolute atomic E-state index is 0.0980. The van der Waals surface area contributed by atoms with E-state index in [0.717, 1.165) is 17.2 Å². The summed E-state index contributed by atoms with van der Waals surface area (Å²) in [5.74, 6) is 0. The third-order valence-corrected chi connectivity index (χ3v) is 3.80. The van der Waals surface area contributed by atoms with Crippen LogP contribution in [-0.2, 0) is 12.7 Å². The number of aliphatic hydroxyl groups excluding tert-OH is 1. The molecule has 0 bridgehead atoms. The summed E-state index contributed by atoms with van der Waals surface area (Å²) in [7, 11) is 0. The van der Waals surface area contributed by atoms with Gasteiger partial charge in [-0.25, -0.2) is 0 Å². The summed E-state index contributed by atoms with van der Waals surface area (Å²) < 4.78 is 39.2. The Balaban J connectivity index is 2.00. The Morgan fingerprint density at radius 2 is 1.71 bits per heavy atom. The van der Waals surface area contributed by atoms with Gasteiger partial charge in [0.2, 0.25) is 0 Å². The van der Waals surface area contributed by atoms with E-state index in [9.17, 15) is 18.3 Å². The van der Waals surface area contributed by atoms with Crippen LogP contribution in [0.5, 0.6) is 0 Å². The van der Waals surface area contributed by atoms with Gasteiger partial charge in [-0.3, -0.25) is 0 Å². The molecule has 0 spiro atoms. The second kappa shape index (κ2) is 5.16. The highest BCUT2D eigenvalue weighted by Gasteiger charge is 2.37. The zero-order valence-corrected chi connectivity index (χ0v) is 11.1. The molecule has 2 aromatic rings. The zero-order chi connectivity index (χ0) is 15.0. The molecular weight excluding hydrogens is 279 g/mol. The minimum atomic E-state index is -4.48. The van der Waals surface area contributed by atoms with Crippen molar-refractivity contribution in [3.05, 3.63) is 70.8 Å². The zero-order valence-electron chi connectivity index (χ0n) is 11.1. The lowest BCUT2D eigenvalue weighted by molar-refractivity contribution is -0.139. The summed E-state index contributed by atoms with van der Waals surface area (Å²) >= 11 is 0. The third-order valence-electron chi connectivity index (χ3n) is 3.80. The maximum absolute atomic E-state index is 13.1. The van der Waals surface area contributed by atoms with Crippen LogP contribution >= 0.6 is 0 Å². The summed E-state index contributed by atoms with van der Waals surface area (Å²) in [5.41, 5.74) is 0.968. The standard InChI is InChI=1S/C16H14F3NO/c17-16(18,19)13-8-4-3-7-12(13)15(21)14-11-6-2-1-5-10(11)9-20-14/h1-8,14-15,20-21H,9H2. The molecule has 0 radical (unpaired) electrons. The quantitative estimate of drug-likeness (QED) is 0.887. The SMILES string of the molecule is OC(c1ccccc1C(F)(F)F)C1NCc2ccccc21. The number of nitrogens with one attached hydrogen (secondary N) is 1. The molecule has 2 aromatic carbocycles. The fraction of sp³-hybridized carbons (Fsp3) is 0.250. The average molecular weight is 293 g/mol. The Morgan fingerprint density at radius 1 is 1.05 bits per heavy atom. The highest BCUT2D eigenvalue weighted by atomic mass is 19.4. The van der Waals surface area contributed by atoms with Crippen molar-refractivity contribution in [3.63, 3.8) is 0 Å². The van der Waals surface area contributed by atoms with Crippen molar-refractivity contribution in [1.29, 1.82) is 0 Å². The van der Waals surface area contributed by atoms with Crippen LogP contribution in [0.15, 0.2) is 48.5 Å². The Labute approximate surface area is 120 Å². The number of alkyl halides is 3. The number of fused-ring (bicyclic) bond motifs is 1. The topological polar surface area (TPSA) is 32.3 Å². The van der Waals surface area contributed by atoms with Crippen LogP contribution in [-0.4, -0.2) is 5.11 Å². The van der Waals surface area contributed by atoms with E-state index in [1.54, 1.807) is 0 Å². The van der Waals surface area contributed by atoms with Gasteiger partial charge in [-0.05, 0) is 22.8 Å². The number of hydrogen-bond donors (Lipinski definition) is 2. The summed E-state index contributed by atoms with van der Waals surface area (Å²) in [5, 5.41) is 13.5. The Hall–Kier alpha value is -1.85. The Kier molecular flexibility index (Phi) is 3.47. The van der Waals surface area contributed by atoms with E-state index < -0.39 is 23.9 Å². The van der Waals surface area contributed by atoms with Gasteiger partial charge in [0.1, 0.15) is 0 Å². The lowest BCUT2D eigenvalue weighted by Gasteiger charge is -2.23. The van der Waals surface area contributed by atoms with E-state index in [0.29, 0.717) is 6.54 Å². The number of halogens is 3. The van der Waals surface area contributed by atoms with Crippen molar-refractivity contribution >= 4 is 0 Å². The molecule has 0 saturated carbocycles. The maximum Gasteiger partial charge on any atom is 0.416 e. The van der Waals surface area contributed by atoms with Crippen molar-refractivity contribution in [2.45, 2.75) is 24.9 Å². The predicted octanol–water partition coefficient (Wildman–Crippen LogP) is 3.58. The number of hydrogen-bond acceptors (Lipinski definition) is 2. The molecular formula is C16H14F3NO. The van der Waals surface area contributed by atoms with Gasteiger partial charge in [-0.1, -0.05) is 42.5 Å². The predicted molar refractivity (Wildman–Crippen MR) is 72.4 cm³/mol. The van der Waals surface area contributed by atoms with Crippen LogP contribution in [0.1, 0.15) is 34.4 Å². The van der Waals surface area contributed by atoms with E-state index in [4.69, 9.17) is 0 Å². The first kappa shape index (κ1) is 14.1. The van der Waals surface area contributed by atoms with Gasteiger partial charge in [0.25, 0.3) is 0 Å². The molecule has 1 aliphatic rings. The molecule has 0 fully saturated rings. The second-order valence-electron chi connectivity index (χ2n) is 5.09. The van der Waals surface area contributed by atoms with Gasteiger partial charge in [-0.15, -0.1) is 0 Å². The smallest absolute Gasteiger partial charge is 0.386 e. The van der Waals surface area contributed by atoms with Crippen molar-refractivity contribution in [1.82, 2.24) is 5.32 Å². The van der Waals surface area contributed by atoms with Crippen LogP contribution in [0.25, 0.3) is 0 Å².